The molecule has 0 heterocycles. The van der Waals surface area contributed by atoms with Crippen molar-refractivity contribution in [2.75, 3.05) is 12.0 Å². The molecule has 2 aromatic carbocycles. The third kappa shape index (κ3) is 6.95. The highest BCUT2D eigenvalue weighted by molar-refractivity contribution is 7.98. The predicted molar refractivity (Wildman–Crippen MR) is 123 cm³/mol. The summed E-state index contributed by atoms with van der Waals surface area (Å²) in [6, 6.07) is 12.0. The van der Waals surface area contributed by atoms with Crippen molar-refractivity contribution in [1.29, 1.82) is 0 Å². The maximum Gasteiger partial charge on any atom is 0.253 e. The molecule has 0 aliphatic rings. The van der Waals surface area contributed by atoms with E-state index in [1.807, 2.05) is 25.3 Å². The van der Waals surface area contributed by atoms with Crippen LogP contribution in [0.15, 0.2) is 42.5 Å². The van der Waals surface area contributed by atoms with Crippen molar-refractivity contribution >= 4 is 46.8 Å². The lowest BCUT2D eigenvalue weighted by atomic mass is 10.0. The molecule has 0 radical (unpaired) electrons. The molecule has 2 aromatic rings. The Hall–Kier alpha value is -1.69. The molecule has 2 N–H and O–H groups in total. The molecule has 0 saturated carbocycles. The van der Waals surface area contributed by atoms with Crippen molar-refractivity contribution in [2.24, 2.45) is 0 Å². The minimum Gasteiger partial charge on any atom is -0.348 e. The number of carbonyl (C=O) groups is 2. The lowest BCUT2D eigenvalue weighted by Crippen LogP contribution is -2.47. The van der Waals surface area contributed by atoms with Gasteiger partial charge in [-0.3, -0.25) is 9.59 Å². The first-order valence-corrected chi connectivity index (χ1v) is 11.6. The lowest BCUT2D eigenvalue weighted by molar-refractivity contribution is -0.123. The van der Waals surface area contributed by atoms with Crippen LogP contribution in [0.2, 0.25) is 10.0 Å². The number of nitrogens with one attached hydrogen (secondary N) is 2. The third-order valence-electron chi connectivity index (χ3n) is 4.65. The molecule has 7 heteroatoms. The van der Waals surface area contributed by atoms with E-state index in [0.29, 0.717) is 17.0 Å². The molecule has 0 saturated heterocycles. The van der Waals surface area contributed by atoms with Crippen LogP contribution >= 0.6 is 35.0 Å². The molecule has 156 valence electrons. The predicted octanol–water partition coefficient (Wildman–Crippen LogP) is 5.28. The van der Waals surface area contributed by atoms with E-state index in [9.17, 15) is 9.59 Å². The molecule has 29 heavy (non-hydrogen) atoms. The van der Waals surface area contributed by atoms with E-state index in [1.54, 1.807) is 23.9 Å². The SMILES string of the molecule is CCc1ccc(C(C)NC(=O)C(CCSC)NC(=O)c2ccc(Cl)cc2Cl)cc1. The van der Waals surface area contributed by atoms with E-state index in [1.165, 1.54) is 11.6 Å². The molecule has 2 amide bonds. The second kappa shape index (κ2) is 11.5. The summed E-state index contributed by atoms with van der Waals surface area (Å²) in [4.78, 5) is 25.5. The van der Waals surface area contributed by atoms with Gasteiger partial charge in [-0.25, -0.2) is 0 Å². The Labute approximate surface area is 186 Å². The number of benzene rings is 2. The van der Waals surface area contributed by atoms with Crippen LogP contribution in [-0.4, -0.2) is 29.9 Å². The van der Waals surface area contributed by atoms with Gasteiger partial charge in [-0.2, -0.15) is 11.8 Å². The normalized spacial score (nSPS) is 12.9. The van der Waals surface area contributed by atoms with Crippen LogP contribution in [0, 0.1) is 0 Å². The van der Waals surface area contributed by atoms with Gasteiger partial charge in [-0.15, -0.1) is 0 Å². The van der Waals surface area contributed by atoms with Crippen LogP contribution in [-0.2, 0) is 11.2 Å². The largest absolute Gasteiger partial charge is 0.348 e. The number of carbonyl (C=O) groups excluding carboxylic acids is 2. The number of halogens is 2. The number of aryl methyl sites for hydroxylation is 1. The van der Waals surface area contributed by atoms with Crippen molar-refractivity contribution < 1.29 is 9.59 Å². The highest BCUT2D eigenvalue weighted by Gasteiger charge is 2.23. The van der Waals surface area contributed by atoms with Crippen LogP contribution in [0.3, 0.4) is 0 Å². The summed E-state index contributed by atoms with van der Waals surface area (Å²) in [5.74, 6) is 0.129. The summed E-state index contributed by atoms with van der Waals surface area (Å²) in [5.41, 5.74) is 2.56. The van der Waals surface area contributed by atoms with Gasteiger partial charge in [0.2, 0.25) is 5.91 Å². The molecule has 0 aliphatic carbocycles. The first kappa shape index (κ1) is 23.6. The molecule has 0 spiro atoms. The number of rotatable bonds is 9. The van der Waals surface area contributed by atoms with Gasteiger partial charge in [0, 0.05) is 5.02 Å². The molecule has 0 aromatic heterocycles. The number of hydrogen-bond donors (Lipinski definition) is 2. The lowest BCUT2D eigenvalue weighted by Gasteiger charge is -2.22. The Morgan fingerprint density at radius 2 is 1.76 bits per heavy atom. The van der Waals surface area contributed by atoms with Gasteiger partial charge in [0.05, 0.1) is 16.6 Å². The first-order valence-electron chi connectivity index (χ1n) is 9.49. The van der Waals surface area contributed by atoms with E-state index in [-0.39, 0.29) is 17.0 Å². The standard InChI is InChI=1S/C22H26Cl2N2O2S/c1-4-15-5-7-16(8-6-15)14(2)25-22(28)20(11-12-29-3)26-21(27)18-10-9-17(23)13-19(18)24/h5-10,13-14,20H,4,11-12H2,1-3H3,(H,25,28)(H,26,27). The zero-order valence-electron chi connectivity index (χ0n) is 16.8. The van der Waals surface area contributed by atoms with Crippen molar-refractivity contribution in [1.82, 2.24) is 10.6 Å². The third-order valence-corrected chi connectivity index (χ3v) is 5.85. The Bertz CT molecular complexity index is 843. The van der Waals surface area contributed by atoms with Crippen LogP contribution in [0.4, 0.5) is 0 Å². The molecule has 2 unspecified atom stereocenters. The van der Waals surface area contributed by atoms with E-state index >= 15 is 0 Å². The maximum absolute atomic E-state index is 12.9. The average Bonchev–Trinajstić information content (AvgIpc) is 2.70. The van der Waals surface area contributed by atoms with Gasteiger partial charge < -0.3 is 10.6 Å². The fourth-order valence-electron chi connectivity index (χ4n) is 2.85. The summed E-state index contributed by atoms with van der Waals surface area (Å²) in [6.07, 6.45) is 3.45. The van der Waals surface area contributed by atoms with E-state index in [2.05, 4.69) is 29.7 Å². The summed E-state index contributed by atoms with van der Waals surface area (Å²) in [5, 5.41) is 6.52. The van der Waals surface area contributed by atoms with Gasteiger partial charge >= 0.3 is 0 Å². The molecule has 0 aliphatic heterocycles. The average molecular weight is 453 g/mol. The summed E-state index contributed by atoms with van der Waals surface area (Å²) in [6.45, 7) is 4.04. The number of amides is 2. The van der Waals surface area contributed by atoms with Crippen molar-refractivity contribution in [2.45, 2.75) is 38.8 Å². The monoisotopic (exact) mass is 452 g/mol. The number of thioether (sulfide) groups is 1. The molecular weight excluding hydrogens is 427 g/mol. The quantitative estimate of drug-likeness (QED) is 0.543. The highest BCUT2D eigenvalue weighted by Crippen LogP contribution is 2.21. The topological polar surface area (TPSA) is 58.2 Å². The van der Waals surface area contributed by atoms with Gasteiger partial charge in [0.1, 0.15) is 6.04 Å². The summed E-state index contributed by atoms with van der Waals surface area (Å²) in [7, 11) is 0. The Balaban J connectivity index is 2.08. The van der Waals surface area contributed by atoms with Crippen LogP contribution in [0.5, 0.6) is 0 Å². The van der Waals surface area contributed by atoms with Crippen LogP contribution in [0.25, 0.3) is 0 Å². The fourth-order valence-corrected chi connectivity index (χ4v) is 3.82. The molecular formula is C22H26Cl2N2O2S. The van der Waals surface area contributed by atoms with Gasteiger partial charge in [0.25, 0.3) is 5.91 Å². The van der Waals surface area contributed by atoms with E-state index in [0.717, 1.165) is 17.7 Å². The second-order valence-corrected chi connectivity index (χ2v) is 8.59. The summed E-state index contributed by atoms with van der Waals surface area (Å²) < 4.78 is 0. The van der Waals surface area contributed by atoms with Gasteiger partial charge in [0.15, 0.2) is 0 Å². The van der Waals surface area contributed by atoms with Crippen LogP contribution < -0.4 is 10.6 Å². The smallest absolute Gasteiger partial charge is 0.253 e. The van der Waals surface area contributed by atoms with Crippen LogP contribution in [0.1, 0.15) is 47.8 Å². The van der Waals surface area contributed by atoms with Gasteiger partial charge in [-0.05, 0) is 61.1 Å². The van der Waals surface area contributed by atoms with E-state index < -0.39 is 11.9 Å². The number of hydrogen-bond acceptors (Lipinski definition) is 3. The Kier molecular flexibility index (Phi) is 9.34. The molecule has 0 fully saturated rings. The molecule has 2 atom stereocenters. The molecule has 4 nitrogen and oxygen atoms in total. The Morgan fingerprint density at radius 1 is 1.07 bits per heavy atom. The maximum atomic E-state index is 12.9. The second-order valence-electron chi connectivity index (χ2n) is 6.76. The van der Waals surface area contributed by atoms with Crippen molar-refractivity contribution in [3.05, 3.63) is 69.2 Å². The highest BCUT2D eigenvalue weighted by atomic mass is 35.5. The summed E-state index contributed by atoms with van der Waals surface area (Å²) >= 11 is 13.6. The minimum absolute atomic E-state index is 0.166. The fraction of sp³-hybridized carbons (Fsp3) is 0.364. The minimum atomic E-state index is -0.654. The van der Waals surface area contributed by atoms with Gasteiger partial charge in [-0.1, -0.05) is 54.4 Å². The first-order chi connectivity index (χ1) is 13.8. The zero-order chi connectivity index (χ0) is 21.4. The zero-order valence-corrected chi connectivity index (χ0v) is 19.1. The van der Waals surface area contributed by atoms with Crippen molar-refractivity contribution in [3.8, 4) is 0 Å². The molecule has 2 rings (SSSR count). The van der Waals surface area contributed by atoms with E-state index in [4.69, 9.17) is 23.2 Å². The Morgan fingerprint density at radius 3 is 2.34 bits per heavy atom. The van der Waals surface area contributed by atoms with Crippen molar-refractivity contribution in [3.63, 3.8) is 0 Å². The molecule has 0 bridgehead atoms.